The van der Waals surface area contributed by atoms with Gasteiger partial charge in [0.25, 0.3) is 0 Å². The molecule has 7 aromatic carbocycles. The van der Waals surface area contributed by atoms with Crippen LogP contribution < -0.4 is 4.90 Å². The highest BCUT2D eigenvalue weighted by Crippen LogP contribution is 2.59. The molecule has 7 aromatic rings. The van der Waals surface area contributed by atoms with Crippen LogP contribution in [0.25, 0.3) is 44.5 Å². The molecule has 10 rings (SSSR count). The average Bonchev–Trinajstić information content (AvgIpc) is 3.70. The first kappa shape index (κ1) is 37.6. The highest BCUT2D eigenvalue weighted by Gasteiger charge is 2.47. The quantitative estimate of drug-likeness (QED) is 0.175. The Balaban J connectivity index is 1.18. The molecule has 0 radical (unpaired) electrons. The summed E-state index contributed by atoms with van der Waals surface area (Å²) >= 11 is 0. The summed E-state index contributed by atoms with van der Waals surface area (Å²) in [6.45, 7) is 18.5. The molecule has 292 valence electrons. The van der Waals surface area contributed by atoms with Crippen LogP contribution in [0.4, 0.5) is 17.1 Å². The molecule has 0 aliphatic heterocycles. The van der Waals surface area contributed by atoms with Crippen LogP contribution >= 0.6 is 0 Å². The molecule has 0 saturated carbocycles. The minimum Gasteiger partial charge on any atom is -0.309 e. The van der Waals surface area contributed by atoms with Gasteiger partial charge in [-0.3, -0.25) is 0 Å². The van der Waals surface area contributed by atoms with Gasteiger partial charge in [-0.2, -0.15) is 10.5 Å². The van der Waals surface area contributed by atoms with E-state index < -0.39 is 5.41 Å². The van der Waals surface area contributed by atoms with Crippen LogP contribution in [0.15, 0.2) is 140 Å². The van der Waals surface area contributed by atoms with Crippen molar-refractivity contribution < 1.29 is 0 Å². The van der Waals surface area contributed by atoms with Crippen molar-refractivity contribution in [2.75, 3.05) is 4.90 Å². The summed E-state index contributed by atoms with van der Waals surface area (Å²) in [5.74, 6) is 0. The van der Waals surface area contributed by atoms with Crippen LogP contribution in [0, 0.1) is 22.7 Å². The molecule has 0 spiro atoms. The first-order valence-corrected chi connectivity index (χ1v) is 21.2. The number of nitrogens with zero attached hydrogens (tertiary/aromatic N) is 3. The summed E-state index contributed by atoms with van der Waals surface area (Å²) < 4.78 is 0. The monoisotopic (exact) mass is 775 g/mol. The third-order valence-electron chi connectivity index (χ3n) is 14.1. The zero-order chi connectivity index (χ0) is 41.9. The van der Waals surface area contributed by atoms with E-state index in [9.17, 15) is 10.5 Å². The Kier molecular flexibility index (Phi) is 8.09. The Bertz CT molecular complexity index is 3020. The van der Waals surface area contributed by atoms with Gasteiger partial charge in [-0.15, -0.1) is 0 Å². The Labute approximate surface area is 355 Å². The minimum atomic E-state index is -0.405. The molecule has 0 aromatic heterocycles. The van der Waals surface area contributed by atoms with E-state index in [-0.39, 0.29) is 16.2 Å². The lowest BCUT2D eigenvalue weighted by atomic mass is 9.78. The van der Waals surface area contributed by atoms with Crippen LogP contribution in [0.5, 0.6) is 0 Å². The van der Waals surface area contributed by atoms with Gasteiger partial charge in [0.05, 0.1) is 16.8 Å². The summed E-state index contributed by atoms with van der Waals surface area (Å²) in [5.41, 5.74) is 19.5. The van der Waals surface area contributed by atoms with Gasteiger partial charge in [-0.05, 0) is 132 Å². The zero-order valence-electron chi connectivity index (χ0n) is 35.8. The summed E-state index contributed by atoms with van der Waals surface area (Å²) in [6.07, 6.45) is 1.06. The van der Waals surface area contributed by atoms with E-state index in [1.165, 1.54) is 50.1 Å². The van der Waals surface area contributed by atoms with Crippen molar-refractivity contribution in [2.45, 2.75) is 83.5 Å². The van der Waals surface area contributed by atoms with E-state index in [2.05, 4.69) is 206 Å². The Morgan fingerprint density at radius 2 is 0.967 bits per heavy atom. The van der Waals surface area contributed by atoms with E-state index in [0.717, 1.165) is 45.6 Å². The maximum Gasteiger partial charge on any atom is 0.103 e. The Hall–Kier alpha value is -6.68. The maximum absolute atomic E-state index is 11.2. The van der Waals surface area contributed by atoms with Gasteiger partial charge in [0.2, 0.25) is 0 Å². The van der Waals surface area contributed by atoms with Crippen molar-refractivity contribution in [3.05, 3.63) is 184 Å². The first-order chi connectivity index (χ1) is 28.7. The molecule has 3 aliphatic carbocycles. The number of anilines is 3. The predicted molar refractivity (Wildman–Crippen MR) is 247 cm³/mol. The van der Waals surface area contributed by atoms with Gasteiger partial charge >= 0.3 is 0 Å². The van der Waals surface area contributed by atoms with E-state index in [4.69, 9.17) is 0 Å². The van der Waals surface area contributed by atoms with Gasteiger partial charge in [0, 0.05) is 27.8 Å². The van der Waals surface area contributed by atoms with Crippen molar-refractivity contribution in [2.24, 2.45) is 0 Å². The molecule has 0 unspecified atom stereocenters. The normalized spacial score (nSPS) is 16.4. The predicted octanol–water partition coefficient (Wildman–Crippen LogP) is 14.8. The lowest BCUT2D eigenvalue weighted by molar-refractivity contribution is 0.403. The standard InChI is InChI=1S/C57H49N3/c1-54(2)34-55(3,4)50-30-48-43(29-49(50)54)53-45(33-59)44(32-58)52(31-51(53)57(48,7)8)60(40-25-26-42-41-19-12-13-20-46(41)56(5,6)47(42)28-40)39-23-21-36(22-24-39)38-18-14-17-37(27-38)35-15-10-9-11-16-35/h9-31H,34H2,1-8H3. The highest BCUT2D eigenvalue weighted by atomic mass is 15.1. The number of benzene rings is 7. The Morgan fingerprint density at radius 3 is 1.65 bits per heavy atom. The number of rotatable bonds is 5. The van der Waals surface area contributed by atoms with E-state index >= 15 is 0 Å². The number of fused-ring (bicyclic) bond motifs is 7. The van der Waals surface area contributed by atoms with E-state index in [0.29, 0.717) is 16.8 Å². The van der Waals surface area contributed by atoms with Gasteiger partial charge in [0.1, 0.15) is 12.1 Å². The van der Waals surface area contributed by atoms with Crippen molar-refractivity contribution >= 4 is 17.1 Å². The number of hydrogen-bond acceptors (Lipinski definition) is 3. The molecule has 0 heterocycles. The smallest absolute Gasteiger partial charge is 0.103 e. The molecule has 0 atom stereocenters. The fraction of sp³-hybridized carbons (Fsp3) is 0.228. The van der Waals surface area contributed by atoms with Crippen LogP contribution in [0.1, 0.15) is 106 Å². The zero-order valence-corrected chi connectivity index (χ0v) is 35.8. The minimum absolute atomic E-state index is 0.00159. The average molecular weight is 776 g/mol. The van der Waals surface area contributed by atoms with Gasteiger partial charge in [-0.25, -0.2) is 0 Å². The van der Waals surface area contributed by atoms with E-state index in [1.807, 2.05) is 6.07 Å². The summed E-state index contributed by atoms with van der Waals surface area (Å²) in [4.78, 5) is 2.22. The van der Waals surface area contributed by atoms with Crippen LogP contribution in [-0.2, 0) is 21.7 Å². The van der Waals surface area contributed by atoms with Crippen LogP contribution in [0.3, 0.4) is 0 Å². The topological polar surface area (TPSA) is 50.8 Å². The van der Waals surface area contributed by atoms with E-state index in [1.54, 1.807) is 0 Å². The van der Waals surface area contributed by atoms with Crippen molar-refractivity contribution in [1.82, 2.24) is 0 Å². The van der Waals surface area contributed by atoms with Crippen LogP contribution in [0.2, 0.25) is 0 Å². The van der Waals surface area contributed by atoms with Gasteiger partial charge < -0.3 is 4.90 Å². The molecule has 3 nitrogen and oxygen atoms in total. The fourth-order valence-electron chi connectivity index (χ4n) is 11.3. The summed E-state index contributed by atoms with van der Waals surface area (Å²) in [5, 5.41) is 22.4. The molecule has 0 amide bonds. The van der Waals surface area contributed by atoms with Crippen LogP contribution in [-0.4, -0.2) is 0 Å². The third-order valence-corrected chi connectivity index (χ3v) is 14.1. The maximum atomic E-state index is 11.2. The summed E-state index contributed by atoms with van der Waals surface area (Å²) in [6, 6.07) is 55.4. The SMILES string of the molecule is CC1(C)CC(C)(C)c2cc3c(cc21)-c1c(cc(N(c2ccc(-c4cccc(-c5ccccc5)c4)cc2)c2ccc4c(c2)C(C)(C)c2ccccc2-4)c(C#N)c1C#N)C3(C)C. The molecule has 0 N–H and O–H groups in total. The molecule has 60 heavy (non-hydrogen) atoms. The molecular weight excluding hydrogens is 727 g/mol. The van der Waals surface area contributed by atoms with Gasteiger partial charge in [0.15, 0.2) is 0 Å². The lowest BCUT2D eigenvalue weighted by Crippen LogP contribution is -2.20. The van der Waals surface area contributed by atoms with Crippen molar-refractivity contribution in [3.63, 3.8) is 0 Å². The summed E-state index contributed by atoms with van der Waals surface area (Å²) in [7, 11) is 0. The molecule has 0 bridgehead atoms. The molecule has 3 heteroatoms. The highest BCUT2D eigenvalue weighted by molar-refractivity contribution is 5.94. The number of nitriles is 2. The second kappa shape index (κ2) is 12.9. The first-order valence-electron chi connectivity index (χ1n) is 21.2. The van der Waals surface area contributed by atoms with Gasteiger partial charge in [-0.1, -0.05) is 152 Å². The molecule has 0 fully saturated rings. The third kappa shape index (κ3) is 5.39. The van der Waals surface area contributed by atoms with Crippen molar-refractivity contribution in [3.8, 4) is 56.6 Å². The fourth-order valence-corrected chi connectivity index (χ4v) is 11.3. The second-order valence-electron chi connectivity index (χ2n) is 19.5. The molecule has 0 saturated heterocycles. The number of hydrogen-bond donors (Lipinski definition) is 0. The molecule has 3 aliphatic rings. The Morgan fingerprint density at radius 1 is 0.417 bits per heavy atom. The second-order valence-corrected chi connectivity index (χ2v) is 19.5. The molecular formula is C57H49N3. The largest absolute Gasteiger partial charge is 0.309 e. The lowest BCUT2D eigenvalue weighted by Gasteiger charge is -2.31. The van der Waals surface area contributed by atoms with Crippen molar-refractivity contribution in [1.29, 1.82) is 10.5 Å².